The Morgan fingerprint density at radius 2 is 2.39 bits per heavy atom. The first-order valence-electron chi connectivity index (χ1n) is 6.16. The maximum Gasteiger partial charge on any atom is 0.178 e. The second-order valence-corrected chi connectivity index (χ2v) is 4.91. The zero-order chi connectivity index (χ0) is 12.5. The highest BCUT2D eigenvalue weighted by Crippen LogP contribution is 2.29. The van der Waals surface area contributed by atoms with Crippen LogP contribution in [-0.2, 0) is 4.74 Å². The molecule has 1 fully saturated rings. The zero-order valence-corrected chi connectivity index (χ0v) is 11.1. The van der Waals surface area contributed by atoms with Crippen molar-refractivity contribution < 1.29 is 9.47 Å². The lowest BCUT2D eigenvalue weighted by molar-refractivity contribution is 0.0600. The standard InChI is InChI=1S/C13H16N2O2S/c1-16-11-6-2-5-10-12(11)14-13(18)15(10)9-4-3-7-17-8-9/h2,5-6,9H,3-4,7-8H2,1H3,(H,14,18). The van der Waals surface area contributed by atoms with Crippen LogP contribution in [0.2, 0.25) is 0 Å². The van der Waals surface area contributed by atoms with E-state index in [4.69, 9.17) is 21.7 Å². The number of aromatic nitrogens is 2. The number of benzene rings is 1. The molecule has 4 nitrogen and oxygen atoms in total. The molecule has 1 aromatic heterocycles. The van der Waals surface area contributed by atoms with E-state index in [2.05, 4.69) is 15.6 Å². The lowest BCUT2D eigenvalue weighted by Gasteiger charge is -2.24. The number of methoxy groups -OCH3 is 1. The van der Waals surface area contributed by atoms with Crippen LogP contribution >= 0.6 is 12.2 Å². The number of nitrogens with zero attached hydrogens (tertiary/aromatic N) is 1. The molecule has 0 bridgehead atoms. The quantitative estimate of drug-likeness (QED) is 0.847. The van der Waals surface area contributed by atoms with E-state index in [0.29, 0.717) is 6.04 Å². The van der Waals surface area contributed by atoms with Crippen molar-refractivity contribution in [3.05, 3.63) is 23.0 Å². The average molecular weight is 264 g/mol. The number of nitrogens with one attached hydrogen (secondary N) is 1. The van der Waals surface area contributed by atoms with Crippen LogP contribution in [0.15, 0.2) is 18.2 Å². The molecule has 18 heavy (non-hydrogen) atoms. The van der Waals surface area contributed by atoms with Gasteiger partial charge >= 0.3 is 0 Å². The Hall–Kier alpha value is -1.33. The van der Waals surface area contributed by atoms with Gasteiger partial charge in [-0.25, -0.2) is 0 Å². The number of imidazole rings is 1. The maximum atomic E-state index is 5.55. The van der Waals surface area contributed by atoms with Crippen molar-refractivity contribution in [2.24, 2.45) is 0 Å². The van der Waals surface area contributed by atoms with Crippen LogP contribution in [0.4, 0.5) is 0 Å². The van der Waals surface area contributed by atoms with Gasteiger partial charge in [-0.3, -0.25) is 0 Å². The summed E-state index contributed by atoms with van der Waals surface area (Å²) >= 11 is 5.44. The second-order valence-electron chi connectivity index (χ2n) is 4.53. The van der Waals surface area contributed by atoms with E-state index in [1.54, 1.807) is 7.11 Å². The SMILES string of the molecule is COc1cccc2c1[nH]c(=S)n2C1CCCOC1. The molecular formula is C13H16N2O2S. The number of para-hydroxylation sites is 1. The van der Waals surface area contributed by atoms with Gasteiger partial charge in [0.2, 0.25) is 0 Å². The maximum absolute atomic E-state index is 5.55. The predicted molar refractivity (Wildman–Crippen MR) is 72.8 cm³/mol. The molecule has 0 saturated carbocycles. The van der Waals surface area contributed by atoms with Crippen molar-refractivity contribution in [2.75, 3.05) is 20.3 Å². The largest absolute Gasteiger partial charge is 0.494 e. The van der Waals surface area contributed by atoms with Crippen molar-refractivity contribution in [3.8, 4) is 5.75 Å². The molecule has 1 unspecified atom stereocenters. The fraction of sp³-hybridized carbons (Fsp3) is 0.462. The van der Waals surface area contributed by atoms with Gasteiger partial charge < -0.3 is 19.0 Å². The first-order valence-corrected chi connectivity index (χ1v) is 6.57. The fourth-order valence-electron chi connectivity index (χ4n) is 2.58. The van der Waals surface area contributed by atoms with Crippen LogP contribution in [-0.4, -0.2) is 29.9 Å². The van der Waals surface area contributed by atoms with E-state index in [0.717, 1.165) is 47.6 Å². The van der Waals surface area contributed by atoms with E-state index in [9.17, 15) is 0 Å². The summed E-state index contributed by atoms with van der Waals surface area (Å²) in [6, 6.07) is 6.32. The summed E-state index contributed by atoms with van der Waals surface area (Å²) in [5.74, 6) is 0.828. The minimum absolute atomic E-state index is 0.326. The van der Waals surface area contributed by atoms with E-state index < -0.39 is 0 Å². The smallest absolute Gasteiger partial charge is 0.178 e. The molecule has 1 N–H and O–H groups in total. The molecule has 0 radical (unpaired) electrons. The van der Waals surface area contributed by atoms with Gasteiger partial charge in [0, 0.05) is 6.61 Å². The summed E-state index contributed by atoms with van der Waals surface area (Å²) in [5, 5.41) is 0. The van der Waals surface area contributed by atoms with E-state index in [1.165, 1.54) is 0 Å². The van der Waals surface area contributed by atoms with Crippen molar-refractivity contribution in [1.29, 1.82) is 0 Å². The summed E-state index contributed by atoms with van der Waals surface area (Å²) in [5.41, 5.74) is 2.06. The van der Waals surface area contributed by atoms with Gasteiger partial charge in [0.1, 0.15) is 11.3 Å². The molecule has 2 heterocycles. The monoisotopic (exact) mass is 264 g/mol. The number of rotatable bonds is 2. The normalized spacial score (nSPS) is 20.2. The van der Waals surface area contributed by atoms with Crippen molar-refractivity contribution in [2.45, 2.75) is 18.9 Å². The minimum Gasteiger partial charge on any atom is -0.494 e. The van der Waals surface area contributed by atoms with E-state index in [1.807, 2.05) is 12.1 Å². The predicted octanol–water partition coefficient (Wildman–Crippen LogP) is 3.06. The number of H-pyrrole nitrogens is 1. The molecule has 1 aromatic carbocycles. The Morgan fingerprint density at radius 1 is 1.50 bits per heavy atom. The number of hydrogen-bond acceptors (Lipinski definition) is 3. The summed E-state index contributed by atoms with van der Waals surface area (Å²) in [6.45, 7) is 1.59. The van der Waals surface area contributed by atoms with Crippen molar-refractivity contribution in [3.63, 3.8) is 0 Å². The summed E-state index contributed by atoms with van der Waals surface area (Å²) in [6.07, 6.45) is 2.20. The third-order valence-corrected chi connectivity index (χ3v) is 3.73. The Kier molecular flexibility index (Phi) is 3.09. The number of hydrogen-bond donors (Lipinski definition) is 1. The minimum atomic E-state index is 0.326. The number of aromatic amines is 1. The van der Waals surface area contributed by atoms with Crippen molar-refractivity contribution >= 4 is 23.3 Å². The Labute approximate surface area is 111 Å². The Morgan fingerprint density at radius 3 is 3.11 bits per heavy atom. The molecule has 0 spiro atoms. The third kappa shape index (κ3) is 1.83. The highest BCUT2D eigenvalue weighted by molar-refractivity contribution is 7.71. The molecule has 0 aliphatic carbocycles. The molecule has 1 saturated heterocycles. The van der Waals surface area contributed by atoms with E-state index >= 15 is 0 Å². The highest BCUT2D eigenvalue weighted by atomic mass is 32.1. The molecule has 3 rings (SSSR count). The van der Waals surface area contributed by atoms with Gasteiger partial charge in [-0.1, -0.05) is 6.07 Å². The van der Waals surface area contributed by atoms with Crippen LogP contribution in [0.5, 0.6) is 5.75 Å². The molecular weight excluding hydrogens is 248 g/mol. The van der Waals surface area contributed by atoms with Crippen LogP contribution < -0.4 is 4.74 Å². The first kappa shape index (κ1) is 11.7. The van der Waals surface area contributed by atoms with Crippen LogP contribution in [0, 0.1) is 4.77 Å². The Bertz CT molecular complexity index is 611. The number of ether oxygens (including phenoxy) is 2. The lowest BCUT2D eigenvalue weighted by atomic mass is 10.1. The van der Waals surface area contributed by atoms with E-state index in [-0.39, 0.29) is 0 Å². The van der Waals surface area contributed by atoms with Crippen molar-refractivity contribution in [1.82, 2.24) is 9.55 Å². The molecule has 96 valence electrons. The summed E-state index contributed by atoms with van der Waals surface area (Å²) in [7, 11) is 1.67. The third-order valence-electron chi connectivity index (χ3n) is 3.44. The van der Waals surface area contributed by atoms with Gasteiger partial charge in [0.25, 0.3) is 0 Å². The van der Waals surface area contributed by atoms with Crippen LogP contribution in [0.25, 0.3) is 11.0 Å². The van der Waals surface area contributed by atoms with Gasteiger partial charge in [-0.2, -0.15) is 0 Å². The molecule has 1 atom stereocenters. The molecule has 5 heteroatoms. The summed E-state index contributed by atoms with van der Waals surface area (Å²) < 4.78 is 13.8. The zero-order valence-electron chi connectivity index (χ0n) is 10.3. The molecule has 1 aliphatic rings. The average Bonchev–Trinajstić information content (AvgIpc) is 2.75. The number of fused-ring (bicyclic) bond motifs is 1. The van der Waals surface area contributed by atoms with Crippen LogP contribution in [0.3, 0.4) is 0 Å². The lowest BCUT2D eigenvalue weighted by Crippen LogP contribution is -2.21. The van der Waals surface area contributed by atoms with Gasteiger partial charge in [0.05, 0.1) is 25.3 Å². The Balaban J connectivity index is 2.16. The van der Waals surface area contributed by atoms with Gasteiger partial charge in [-0.15, -0.1) is 0 Å². The van der Waals surface area contributed by atoms with Gasteiger partial charge in [-0.05, 0) is 37.2 Å². The summed E-state index contributed by atoms with van der Waals surface area (Å²) in [4.78, 5) is 3.24. The van der Waals surface area contributed by atoms with Crippen LogP contribution in [0.1, 0.15) is 18.9 Å². The highest BCUT2D eigenvalue weighted by Gasteiger charge is 2.19. The molecule has 1 aliphatic heterocycles. The molecule has 2 aromatic rings. The topological polar surface area (TPSA) is 39.2 Å². The fourth-order valence-corrected chi connectivity index (χ4v) is 2.93. The first-order chi connectivity index (χ1) is 8.81. The van der Waals surface area contributed by atoms with Gasteiger partial charge in [0.15, 0.2) is 4.77 Å². The molecule has 0 amide bonds. The second kappa shape index (κ2) is 4.74.